The van der Waals surface area contributed by atoms with Gasteiger partial charge < -0.3 is 14.8 Å². The minimum atomic E-state index is -4.52. The zero-order valence-electron chi connectivity index (χ0n) is 15.0. The number of aryl methyl sites for hydroxylation is 2. The molecule has 1 amide bonds. The van der Waals surface area contributed by atoms with Gasteiger partial charge in [-0.3, -0.25) is 4.79 Å². The number of rotatable bonds is 6. The SMILES string of the molecule is Cc1cc(C)c(NC(=O)COC(=O)COc2cccc(C(F)(F)F)c2)c(Cl)c1. The first-order valence-corrected chi connectivity index (χ1v) is 8.46. The lowest BCUT2D eigenvalue weighted by Crippen LogP contribution is -2.24. The molecule has 0 bridgehead atoms. The first-order valence-electron chi connectivity index (χ1n) is 8.08. The number of hydrogen-bond donors (Lipinski definition) is 1. The lowest BCUT2D eigenvalue weighted by atomic mass is 10.1. The predicted octanol–water partition coefficient (Wildman–Crippen LogP) is 4.54. The van der Waals surface area contributed by atoms with E-state index in [2.05, 4.69) is 5.32 Å². The second-order valence-electron chi connectivity index (χ2n) is 5.96. The molecule has 0 aliphatic heterocycles. The Labute approximate surface area is 164 Å². The van der Waals surface area contributed by atoms with E-state index in [1.54, 1.807) is 13.0 Å². The lowest BCUT2D eigenvalue weighted by Gasteiger charge is -2.12. The summed E-state index contributed by atoms with van der Waals surface area (Å²) >= 11 is 6.08. The van der Waals surface area contributed by atoms with Crippen LogP contribution < -0.4 is 10.1 Å². The summed E-state index contributed by atoms with van der Waals surface area (Å²) in [5.41, 5.74) is 1.19. The second-order valence-corrected chi connectivity index (χ2v) is 6.37. The third kappa shape index (κ3) is 6.16. The fraction of sp³-hybridized carbons (Fsp3) is 0.263. The van der Waals surface area contributed by atoms with Gasteiger partial charge in [-0.15, -0.1) is 0 Å². The molecule has 0 spiro atoms. The van der Waals surface area contributed by atoms with Crippen LogP contribution in [0, 0.1) is 13.8 Å². The third-order valence-electron chi connectivity index (χ3n) is 3.58. The van der Waals surface area contributed by atoms with Crippen LogP contribution in [0.4, 0.5) is 18.9 Å². The topological polar surface area (TPSA) is 64.6 Å². The molecule has 0 radical (unpaired) electrons. The molecule has 9 heteroatoms. The van der Waals surface area contributed by atoms with Gasteiger partial charge in [-0.25, -0.2) is 4.79 Å². The Bertz CT molecular complexity index is 861. The largest absolute Gasteiger partial charge is 0.482 e. The number of alkyl halides is 3. The number of carbonyl (C=O) groups excluding carboxylic acids is 2. The number of nitrogens with one attached hydrogen (secondary N) is 1. The van der Waals surface area contributed by atoms with Gasteiger partial charge in [-0.1, -0.05) is 23.7 Å². The van der Waals surface area contributed by atoms with Crippen LogP contribution in [-0.4, -0.2) is 25.1 Å². The van der Waals surface area contributed by atoms with Crippen molar-refractivity contribution in [2.45, 2.75) is 20.0 Å². The smallest absolute Gasteiger partial charge is 0.416 e. The van der Waals surface area contributed by atoms with Gasteiger partial charge in [0.05, 0.1) is 16.3 Å². The molecule has 0 unspecified atom stereocenters. The summed E-state index contributed by atoms with van der Waals surface area (Å²) in [5, 5.41) is 2.90. The fourth-order valence-electron chi connectivity index (χ4n) is 2.34. The maximum atomic E-state index is 12.6. The molecule has 0 atom stereocenters. The normalized spacial score (nSPS) is 11.1. The van der Waals surface area contributed by atoms with Crippen LogP contribution in [0.1, 0.15) is 16.7 Å². The minimum Gasteiger partial charge on any atom is -0.482 e. The van der Waals surface area contributed by atoms with E-state index >= 15 is 0 Å². The molecule has 0 aliphatic carbocycles. The number of ether oxygens (including phenoxy) is 2. The van der Waals surface area contributed by atoms with Gasteiger partial charge in [-0.05, 0) is 49.2 Å². The van der Waals surface area contributed by atoms with Crippen molar-refractivity contribution in [1.29, 1.82) is 0 Å². The van der Waals surface area contributed by atoms with Gasteiger partial charge in [0.2, 0.25) is 0 Å². The summed E-state index contributed by atoms with van der Waals surface area (Å²) < 4.78 is 47.6. The molecular formula is C19H17ClF3NO4. The van der Waals surface area contributed by atoms with E-state index in [1.807, 2.05) is 13.0 Å². The average Bonchev–Trinajstić information content (AvgIpc) is 2.60. The Morgan fingerprint density at radius 1 is 1.11 bits per heavy atom. The monoisotopic (exact) mass is 415 g/mol. The van der Waals surface area contributed by atoms with Gasteiger partial charge in [-0.2, -0.15) is 13.2 Å². The number of halogens is 4. The molecule has 0 heterocycles. The Kier molecular flexibility index (Phi) is 6.90. The fourth-order valence-corrected chi connectivity index (χ4v) is 2.71. The van der Waals surface area contributed by atoms with Crippen molar-refractivity contribution in [3.8, 4) is 5.75 Å². The first-order chi connectivity index (χ1) is 13.1. The molecule has 1 N–H and O–H groups in total. The highest BCUT2D eigenvalue weighted by molar-refractivity contribution is 6.34. The number of amides is 1. The highest BCUT2D eigenvalue weighted by atomic mass is 35.5. The van der Waals surface area contributed by atoms with E-state index in [0.717, 1.165) is 29.3 Å². The Balaban J connectivity index is 1.84. The molecule has 5 nitrogen and oxygen atoms in total. The quantitative estimate of drug-likeness (QED) is 0.704. The molecule has 2 rings (SSSR count). The maximum Gasteiger partial charge on any atom is 0.416 e. The second kappa shape index (κ2) is 8.97. The molecule has 28 heavy (non-hydrogen) atoms. The molecule has 0 saturated heterocycles. The van der Waals surface area contributed by atoms with Crippen molar-refractivity contribution in [2.75, 3.05) is 18.5 Å². The van der Waals surface area contributed by atoms with Crippen molar-refractivity contribution in [3.05, 3.63) is 58.1 Å². The zero-order valence-corrected chi connectivity index (χ0v) is 15.8. The van der Waals surface area contributed by atoms with Crippen molar-refractivity contribution >= 4 is 29.2 Å². The van der Waals surface area contributed by atoms with E-state index in [0.29, 0.717) is 10.7 Å². The lowest BCUT2D eigenvalue weighted by molar-refractivity contribution is -0.149. The standard InChI is InChI=1S/C19H17ClF3NO4/c1-11-6-12(2)18(15(20)7-11)24-16(25)9-28-17(26)10-27-14-5-3-4-13(8-14)19(21,22)23/h3-8H,9-10H2,1-2H3,(H,24,25). The van der Waals surface area contributed by atoms with E-state index in [9.17, 15) is 22.8 Å². The summed E-state index contributed by atoms with van der Waals surface area (Å²) in [6.07, 6.45) is -4.52. The Hall–Kier alpha value is -2.74. The zero-order chi connectivity index (χ0) is 20.9. The van der Waals surface area contributed by atoms with Crippen LogP contribution in [0.3, 0.4) is 0 Å². The van der Waals surface area contributed by atoms with Crippen molar-refractivity contribution in [2.24, 2.45) is 0 Å². The first kappa shape index (κ1) is 21.6. The van der Waals surface area contributed by atoms with Crippen LogP contribution >= 0.6 is 11.6 Å². The molecule has 2 aromatic carbocycles. The van der Waals surface area contributed by atoms with E-state index < -0.39 is 36.8 Å². The molecular weight excluding hydrogens is 399 g/mol. The number of carbonyl (C=O) groups is 2. The molecule has 2 aromatic rings. The number of benzene rings is 2. The van der Waals surface area contributed by atoms with Gasteiger partial charge in [0.25, 0.3) is 5.91 Å². The third-order valence-corrected chi connectivity index (χ3v) is 3.88. The number of esters is 1. The van der Waals surface area contributed by atoms with Gasteiger partial charge in [0.15, 0.2) is 13.2 Å². The maximum absolute atomic E-state index is 12.6. The minimum absolute atomic E-state index is 0.140. The van der Waals surface area contributed by atoms with E-state index in [-0.39, 0.29) is 5.75 Å². The van der Waals surface area contributed by atoms with E-state index in [4.69, 9.17) is 21.1 Å². The summed E-state index contributed by atoms with van der Waals surface area (Å²) in [4.78, 5) is 23.6. The van der Waals surface area contributed by atoms with Gasteiger partial charge in [0.1, 0.15) is 5.75 Å². The Morgan fingerprint density at radius 2 is 1.82 bits per heavy atom. The van der Waals surface area contributed by atoms with Crippen LogP contribution in [0.25, 0.3) is 0 Å². The van der Waals surface area contributed by atoms with Gasteiger partial charge in [0, 0.05) is 0 Å². The van der Waals surface area contributed by atoms with E-state index in [1.165, 1.54) is 6.07 Å². The van der Waals surface area contributed by atoms with Gasteiger partial charge >= 0.3 is 12.1 Å². The number of hydrogen-bond acceptors (Lipinski definition) is 4. The predicted molar refractivity (Wildman–Crippen MR) is 97.5 cm³/mol. The van der Waals surface area contributed by atoms with Crippen molar-refractivity contribution < 1.29 is 32.2 Å². The highest BCUT2D eigenvalue weighted by Crippen LogP contribution is 2.31. The molecule has 150 valence electrons. The van der Waals surface area contributed by atoms with Crippen LogP contribution in [0.2, 0.25) is 5.02 Å². The molecule has 0 saturated carbocycles. The van der Waals surface area contributed by atoms with Crippen LogP contribution in [-0.2, 0) is 20.5 Å². The summed E-state index contributed by atoms with van der Waals surface area (Å²) in [6.45, 7) is 2.40. The number of anilines is 1. The van der Waals surface area contributed by atoms with Crippen LogP contribution in [0.15, 0.2) is 36.4 Å². The highest BCUT2D eigenvalue weighted by Gasteiger charge is 2.30. The summed E-state index contributed by atoms with van der Waals surface area (Å²) in [7, 11) is 0. The Morgan fingerprint density at radius 3 is 2.46 bits per heavy atom. The summed E-state index contributed by atoms with van der Waals surface area (Å²) in [5.74, 6) is -1.65. The molecule has 0 aromatic heterocycles. The van der Waals surface area contributed by atoms with Crippen LogP contribution in [0.5, 0.6) is 5.75 Å². The summed E-state index contributed by atoms with van der Waals surface area (Å²) in [6, 6.07) is 7.59. The molecule has 0 aliphatic rings. The van der Waals surface area contributed by atoms with Crippen molar-refractivity contribution in [3.63, 3.8) is 0 Å². The average molecular weight is 416 g/mol. The van der Waals surface area contributed by atoms with Crippen molar-refractivity contribution in [1.82, 2.24) is 0 Å². The molecule has 0 fully saturated rings.